The molecule has 4 heteroatoms. The van der Waals surface area contributed by atoms with Gasteiger partial charge in [0.25, 0.3) is 5.91 Å². The van der Waals surface area contributed by atoms with Crippen LogP contribution in [0.5, 0.6) is 0 Å². The van der Waals surface area contributed by atoms with Gasteiger partial charge in [-0.1, -0.05) is 6.07 Å². The fraction of sp³-hybridized carbons (Fsp3) is 0.364. The van der Waals surface area contributed by atoms with Crippen LogP contribution in [-0.2, 0) is 0 Å². The monoisotopic (exact) mass is 229 g/mol. The molecule has 0 saturated carbocycles. The first-order valence-corrected chi connectivity index (χ1v) is 5.12. The van der Waals surface area contributed by atoms with Crippen LogP contribution in [0.1, 0.15) is 24.2 Å². The topological polar surface area (TPSA) is 29.1 Å². The van der Waals surface area contributed by atoms with Gasteiger partial charge in [0.1, 0.15) is 5.82 Å². The molecule has 0 atom stereocenters. The Balaban J connectivity index is 2.78. The van der Waals surface area contributed by atoms with E-state index in [1.54, 1.807) is 19.9 Å². The molecular formula is C11H13ClFNO. The lowest BCUT2D eigenvalue weighted by Gasteiger charge is -2.23. The fourth-order valence-corrected chi connectivity index (χ4v) is 1.11. The number of benzene rings is 1. The van der Waals surface area contributed by atoms with Crippen LogP contribution in [0.3, 0.4) is 0 Å². The summed E-state index contributed by atoms with van der Waals surface area (Å²) in [7, 11) is 0. The zero-order valence-electron chi connectivity index (χ0n) is 8.68. The second kappa shape index (κ2) is 4.62. The van der Waals surface area contributed by atoms with Crippen LogP contribution < -0.4 is 5.32 Å². The molecule has 0 aliphatic rings. The van der Waals surface area contributed by atoms with Gasteiger partial charge in [-0.2, -0.15) is 0 Å². The summed E-state index contributed by atoms with van der Waals surface area (Å²) in [6, 6.07) is 5.55. The molecule has 0 spiro atoms. The lowest BCUT2D eigenvalue weighted by atomic mass is 10.1. The third-order valence-electron chi connectivity index (χ3n) is 1.87. The van der Waals surface area contributed by atoms with Gasteiger partial charge in [0.15, 0.2) is 0 Å². The molecule has 0 unspecified atom stereocenters. The molecule has 0 radical (unpaired) electrons. The third kappa shape index (κ3) is 3.51. The highest BCUT2D eigenvalue weighted by molar-refractivity contribution is 6.18. The van der Waals surface area contributed by atoms with Gasteiger partial charge < -0.3 is 5.32 Å². The molecule has 1 rings (SSSR count). The smallest absolute Gasteiger partial charge is 0.251 e. The number of carbonyl (C=O) groups is 1. The number of alkyl halides is 1. The summed E-state index contributed by atoms with van der Waals surface area (Å²) in [5, 5.41) is 2.71. The highest BCUT2D eigenvalue weighted by Crippen LogP contribution is 2.08. The van der Waals surface area contributed by atoms with Crippen LogP contribution in [0.15, 0.2) is 24.3 Å². The summed E-state index contributed by atoms with van der Waals surface area (Å²) >= 11 is 5.67. The molecule has 0 aliphatic heterocycles. The van der Waals surface area contributed by atoms with Crippen LogP contribution in [0.2, 0.25) is 0 Å². The number of carbonyl (C=O) groups excluding carboxylic acids is 1. The number of hydrogen-bond donors (Lipinski definition) is 1. The van der Waals surface area contributed by atoms with Crippen molar-refractivity contribution in [2.24, 2.45) is 0 Å². The predicted octanol–water partition coefficient (Wildman–Crippen LogP) is 2.57. The average molecular weight is 230 g/mol. The Bertz CT molecular complexity index is 365. The molecule has 1 amide bonds. The van der Waals surface area contributed by atoms with Gasteiger partial charge in [0, 0.05) is 17.0 Å². The first-order valence-electron chi connectivity index (χ1n) is 4.59. The highest BCUT2D eigenvalue weighted by atomic mass is 35.5. The van der Waals surface area contributed by atoms with Gasteiger partial charge in [-0.15, -0.1) is 11.6 Å². The Hall–Kier alpha value is -1.09. The normalized spacial score (nSPS) is 11.2. The lowest BCUT2D eigenvalue weighted by Crippen LogP contribution is -2.44. The summed E-state index contributed by atoms with van der Waals surface area (Å²) in [6.45, 7) is 3.61. The van der Waals surface area contributed by atoms with Crippen molar-refractivity contribution in [1.29, 1.82) is 0 Å². The molecular weight excluding hydrogens is 217 g/mol. The molecule has 2 nitrogen and oxygen atoms in total. The molecule has 1 aromatic rings. The lowest BCUT2D eigenvalue weighted by molar-refractivity contribution is 0.0920. The van der Waals surface area contributed by atoms with Gasteiger partial charge >= 0.3 is 0 Å². The van der Waals surface area contributed by atoms with Crippen LogP contribution in [0.4, 0.5) is 4.39 Å². The molecule has 0 bridgehead atoms. The zero-order valence-corrected chi connectivity index (χ0v) is 9.44. The second-order valence-corrected chi connectivity index (χ2v) is 4.25. The number of rotatable bonds is 3. The van der Waals surface area contributed by atoms with Crippen molar-refractivity contribution < 1.29 is 9.18 Å². The van der Waals surface area contributed by atoms with Crippen molar-refractivity contribution in [3.8, 4) is 0 Å². The minimum atomic E-state index is -0.495. The third-order valence-corrected chi connectivity index (χ3v) is 2.54. The van der Waals surface area contributed by atoms with Gasteiger partial charge in [-0.25, -0.2) is 4.39 Å². The maximum Gasteiger partial charge on any atom is 0.251 e. The zero-order chi connectivity index (χ0) is 11.5. The van der Waals surface area contributed by atoms with E-state index in [2.05, 4.69) is 5.32 Å². The van der Waals surface area contributed by atoms with Crippen LogP contribution >= 0.6 is 11.6 Å². The van der Waals surface area contributed by atoms with Gasteiger partial charge in [-0.3, -0.25) is 4.79 Å². The molecule has 15 heavy (non-hydrogen) atoms. The molecule has 0 aliphatic carbocycles. The largest absolute Gasteiger partial charge is 0.346 e. The molecule has 0 saturated heterocycles. The predicted molar refractivity (Wildman–Crippen MR) is 58.7 cm³/mol. The van der Waals surface area contributed by atoms with Gasteiger partial charge in [-0.05, 0) is 32.0 Å². The molecule has 0 fully saturated rings. The number of nitrogens with one attached hydrogen (secondary N) is 1. The maximum atomic E-state index is 12.8. The van der Waals surface area contributed by atoms with E-state index in [-0.39, 0.29) is 5.91 Å². The number of halogens is 2. The fourth-order valence-electron chi connectivity index (χ4n) is 1.04. The van der Waals surface area contributed by atoms with E-state index in [0.717, 1.165) is 0 Å². The Kier molecular flexibility index (Phi) is 3.69. The summed E-state index contributed by atoms with van der Waals surface area (Å²) in [6.07, 6.45) is 0. The maximum absolute atomic E-state index is 12.8. The van der Waals surface area contributed by atoms with Crippen molar-refractivity contribution in [3.05, 3.63) is 35.6 Å². The number of hydrogen-bond acceptors (Lipinski definition) is 1. The molecule has 0 heterocycles. The minimum absolute atomic E-state index is 0.299. The summed E-state index contributed by atoms with van der Waals surface area (Å²) in [5.74, 6) is -0.444. The van der Waals surface area contributed by atoms with Crippen molar-refractivity contribution in [2.45, 2.75) is 19.4 Å². The molecule has 1 N–H and O–H groups in total. The van der Waals surface area contributed by atoms with Crippen molar-refractivity contribution >= 4 is 17.5 Å². The van der Waals surface area contributed by atoms with Crippen molar-refractivity contribution in [2.75, 3.05) is 5.88 Å². The van der Waals surface area contributed by atoms with Crippen LogP contribution in [0, 0.1) is 5.82 Å². The van der Waals surface area contributed by atoms with Crippen molar-refractivity contribution in [3.63, 3.8) is 0 Å². The van der Waals surface area contributed by atoms with E-state index in [1.807, 2.05) is 0 Å². The van der Waals surface area contributed by atoms with Crippen LogP contribution in [-0.4, -0.2) is 17.3 Å². The average Bonchev–Trinajstić information content (AvgIpc) is 2.17. The van der Waals surface area contributed by atoms with E-state index in [1.165, 1.54) is 18.2 Å². The van der Waals surface area contributed by atoms with E-state index in [4.69, 9.17) is 11.6 Å². The quantitative estimate of drug-likeness (QED) is 0.793. The highest BCUT2D eigenvalue weighted by Gasteiger charge is 2.19. The summed E-state index contributed by atoms with van der Waals surface area (Å²) in [4.78, 5) is 11.6. The second-order valence-electron chi connectivity index (χ2n) is 3.98. The number of amides is 1. The molecule has 82 valence electrons. The summed E-state index contributed by atoms with van der Waals surface area (Å²) in [5.41, 5.74) is -0.196. The Morgan fingerprint density at radius 3 is 2.73 bits per heavy atom. The Morgan fingerprint density at radius 2 is 2.20 bits per heavy atom. The van der Waals surface area contributed by atoms with E-state index in [9.17, 15) is 9.18 Å². The Morgan fingerprint density at radius 1 is 1.53 bits per heavy atom. The molecule has 1 aromatic carbocycles. The first-order chi connectivity index (χ1) is 6.94. The van der Waals surface area contributed by atoms with E-state index >= 15 is 0 Å². The summed E-state index contributed by atoms with van der Waals surface area (Å²) < 4.78 is 12.8. The van der Waals surface area contributed by atoms with Gasteiger partial charge in [0.05, 0.1) is 0 Å². The standard InChI is InChI=1S/C11H13ClFNO/c1-11(2,7-12)14-10(15)8-4-3-5-9(13)6-8/h3-6H,7H2,1-2H3,(H,14,15). The minimum Gasteiger partial charge on any atom is -0.346 e. The van der Waals surface area contributed by atoms with E-state index < -0.39 is 11.4 Å². The van der Waals surface area contributed by atoms with E-state index in [0.29, 0.717) is 11.4 Å². The van der Waals surface area contributed by atoms with Crippen molar-refractivity contribution in [1.82, 2.24) is 5.32 Å². The molecule has 0 aromatic heterocycles. The Labute approximate surface area is 93.4 Å². The van der Waals surface area contributed by atoms with Gasteiger partial charge in [0.2, 0.25) is 0 Å². The van der Waals surface area contributed by atoms with Crippen LogP contribution in [0.25, 0.3) is 0 Å². The first kappa shape index (κ1) is 12.0. The SMILES string of the molecule is CC(C)(CCl)NC(=O)c1cccc(F)c1.